The molecule has 0 bridgehead atoms. The largest absolute Gasteiger partial charge is 0.497 e. The molecule has 2 aromatic rings. The van der Waals surface area contributed by atoms with Crippen LogP contribution < -0.4 is 10.1 Å². The van der Waals surface area contributed by atoms with E-state index in [1.165, 1.54) is 0 Å². The number of nitrogens with zero attached hydrogens (tertiary/aromatic N) is 1. The third-order valence-electron chi connectivity index (χ3n) is 3.71. The number of hydrogen-bond acceptors (Lipinski definition) is 3. The zero-order valence-electron chi connectivity index (χ0n) is 13.3. The van der Waals surface area contributed by atoms with Gasteiger partial charge in [-0.3, -0.25) is 10.1 Å². The van der Waals surface area contributed by atoms with Gasteiger partial charge >= 0.3 is 5.17 Å². The molecule has 3 rings (SSSR count). The zero-order chi connectivity index (χ0) is 16.9. The minimum Gasteiger partial charge on any atom is -0.497 e. The maximum atomic E-state index is 12.7. The van der Waals surface area contributed by atoms with Gasteiger partial charge in [0.2, 0.25) is 5.78 Å². The van der Waals surface area contributed by atoms with E-state index < -0.39 is 0 Å². The van der Waals surface area contributed by atoms with Crippen LogP contribution in [0.25, 0.3) is 0 Å². The van der Waals surface area contributed by atoms with Gasteiger partial charge < -0.3 is 4.74 Å². The number of Topliss-reactive ketones (excluding diaryl/α,β-unsaturated/α-hetero) is 1. The summed E-state index contributed by atoms with van der Waals surface area (Å²) in [5, 5.41) is 4.98. The molecular weight excluding hydrogens is 344 g/mol. The standard InChI is InChI=1S/C18H17ClN2O2S/c1-23-16-8-6-15(7-9-16)21(18-20-10-11-24-18)12-17(22)13-2-4-14(19)5-3-13/h2-9H,10-12H2,1H3/p+1. The SMILES string of the molecule is COc1ccc([N+](CC(=O)c2ccc(Cl)cc2)=C2NCCS2)cc1. The van der Waals surface area contributed by atoms with Gasteiger partial charge in [-0.2, -0.15) is 0 Å². The van der Waals surface area contributed by atoms with Gasteiger partial charge in [0, 0.05) is 16.3 Å². The molecule has 1 N–H and O–H groups in total. The van der Waals surface area contributed by atoms with Crippen LogP contribution in [-0.4, -0.2) is 41.5 Å². The molecule has 0 aromatic heterocycles. The Morgan fingerprint density at radius 2 is 1.92 bits per heavy atom. The number of hydrogen-bond donors (Lipinski definition) is 1. The molecule has 24 heavy (non-hydrogen) atoms. The van der Waals surface area contributed by atoms with Crippen molar-refractivity contribution in [2.24, 2.45) is 0 Å². The first-order valence-electron chi connectivity index (χ1n) is 7.61. The van der Waals surface area contributed by atoms with E-state index in [4.69, 9.17) is 16.3 Å². The molecule has 0 spiro atoms. The fourth-order valence-corrected chi connectivity index (χ4v) is 3.50. The Morgan fingerprint density at radius 1 is 1.21 bits per heavy atom. The molecule has 0 saturated carbocycles. The second kappa shape index (κ2) is 7.73. The molecule has 0 amide bonds. The second-order valence-electron chi connectivity index (χ2n) is 5.29. The quantitative estimate of drug-likeness (QED) is 0.653. The number of ketones is 1. The van der Waals surface area contributed by atoms with Crippen molar-refractivity contribution in [1.29, 1.82) is 0 Å². The maximum Gasteiger partial charge on any atom is 0.311 e. The topological polar surface area (TPSA) is 41.3 Å². The minimum absolute atomic E-state index is 0.0456. The van der Waals surface area contributed by atoms with Crippen LogP contribution in [0.1, 0.15) is 10.4 Å². The van der Waals surface area contributed by atoms with Gasteiger partial charge in [-0.25, -0.2) is 4.58 Å². The average molecular weight is 362 g/mol. The van der Waals surface area contributed by atoms with E-state index in [1.54, 1.807) is 43.1 Å². The normalized spacial score (nSPS) is 15.8. The number of rotatable bonds is 5. The van der Waals surface area contributed by atoms with Crippen LogP contribution in [0, 0.1) is 0 Å². The lowest BCUT2D eigenvalue weighted by molar-refractivity contribution is -0.424. The van der Waals surface area contributed by atoms with Crippen LogP contribution in [0.15, 0.2) is 48.5 Å². The van der Waals surface area contributed by atoms with E-state index in [0.717, 1.165) is 28.9 Å². The third-order valence-corrected chi connectivity index (χ3v) is 5.01. The maximum absolute atomic E-state index is 12.7. The number of halogens is 1. The first kappa shape index (κ1) is 16.9. The third kappa shape index (κ3) is 3.91. The summed E-state index contributed by atoms with van der Waals surface area (Å²) in [6.45, 7) is 1.17. The summed E-state index contributed by atoms with van der Waals surface area (Å²) in [6, 6.07) is 14.7. The van der Waals surface area contributed by atoms with Crippen LogP contribution in [0.5, 0.6) is 5.75 Å². The van der Waals surface area contributed by atoms with Crippen molar-refractivity contribution in [2.45, 2.75) is 0 Å². The molecule has 0 unspecified atom stereocenters. The van der Waals surface area contributed by atoms with Crippen LogP contribution in [0.3, 0.4) is 0 Å². The molecule has 1 saturated heterocycles. The molecule has 1 heterocycles. The van der Waals surface area contributed by atoms with Gasteiger partial charge in [0.05, 0.1) is 13.7 Å². The number of ether oxygens (including phenoxy) is 1. The smallest absolute Gasteiger partial charge is 0.311 e. The molecule has 0 aliphatic carbocycles. The van der Waals surface area contributed by atoms with Crippen molar-refractivity contribution < 1.29 is 14.1 Å². The number of benzene rings is 2. The zero-order valence-corrected chi connectivity index (χ0v) is 14.9. The van der Waals surface area contributed by atoms with Gasteiger partial charge in [0.15, 0.2) is 6.54 Å². The van der Waals surface area contributed by atoms with Crippen LogP contribution >= 0.6 is 23.4 Å². The highest BCUT2D eigenvalue weighted by Crippen LogP contribution is 2.21. The Hall–Kier alpha value is -1.98. The second-order valence-corrected chi connectivity index (χ2v) is 6.81. The summed E-state index contributed by atoms with van der Waals surface area (Å²) in [6.07, 6.45) is 0. The molecule has 1 aliphatic heterocycles. The predicted octanol–water partition coefficient (Wildman–Crippen LogP) is 3.57. The lowest BCUT2D eigenvalue weighted by atomic mass is 10.1. The number of carbonyl (C=O) groups excluding carboxylic acids is 1. The van der Waals surface area contributed by atoms with Crippen molar-refractivity contribution in [3.05, 3.63) is 59.1 Å². The number of carbonyl (C=O) groups is 1. The van der Waals surface area contributed by atoms with E-state index in [-0.39, 0.29) is 12.3 Å². The molecule has 4 nitrogen and oxygen atoms in total. The summed E-state index contributed by atoms with van der Waals surface area (Å²) >= 11 is 7.62. The van der Waals surface area contributed by atoms with Crippen molar-refractivity contribution in [2.75, 3.05) is 26.0 Å². The van der Waals surface area contributed by atoms with Crippen LogP contribution in [-0.2, 0) is 0 Å². The number of nitrogens with one attached hydrogen (secondary N) is 1. The molecule has 1 fully saturated rings. The molecule has 2 aromatic carbocycles. The van der Waals surface area contributed by atoms with E-state index in [0.29, 0.717) is 10.6 Å². The first-order valence-corrected chi connectivity index (χ1v) is 8.98. The Balaban J connectivity index is 1.89. The number of thioether (sulfide) groups is 1. The summed E-state index contributed by atoms with van der Waals surface area (Å²) in [4.78, 5) is 12.7. The highest BCUT2D eigenvalue weighted by molar-refractivity contribution is 8.13. The van der Waals surface area contributed by atoms with E-state index in [2.05, 4.69) is 5.32 Å². The first-order chi connectivity index (χ1) is 11.7. The van der Waals surface area contributed by atoms with Gasteiger partial charge in [0.25, 0.3) is 0 Å². The van der Waals surface area contributed by atoms with Crippen molar-refractivity contribution in [3.63, 3.8) is 0 Å². The molecule has 1 aliphatic rings. The summed E-state index contributed by atoms with van der Waals surface area (Å²) in [5.41, 5.74) is 1.61. The van der Waals surface area contributed by atoms with Crippen molar-refractivity contribution in [3.8, 4) is 5.75 Å². The lowest BCUT2D eigenvalue weighted by Crippen LogP contribution is -2.28. The lowest BCUT2D eigenvalue weighted by Gasteiger charge is -2.10. The predicted molar refractivity (Wildman–Crippen MR) is 99.0 cm³/mol. The number of methoxy groups -OCH3 is 1. The number of amidine groups is 1. The van der Waals surface area contributed by atoms with E-state index in [1.807, 2.05) is 28.8 Å². The summed E-state index contributed by atoms with van der Waals surface area (Å²) in [7, 11) is 1.64. The van der Waals surface area contributed by atoms with Crippen molar-refractivity contribution >= 4 is 40.0 Å². The highest BCUT2D eigenvalue weighted by Gasteiger charge is 2.24. The van der Waals surface area contributed by atoms with Gasteiger partial charge in [-0.15, -0.1) is 0 Å². The van der Waals surface area contributed by atoms with Crippen molar-refractivity contribution in [1.82, 2.24) is 5.32 Å². The fraction of sp³-hybridized carbons (Fsp3) is 0.222. The molecular formula is C18H18ClN2O2S+. The average Bonchev–Trinajstić information content (AvgIpc) is 3.14. The summed E-state index contributed by atoms with van der Waals surface area (Å²) < 4.78 is 7.22. The van der Waals surface area contributed by atoms with E-state index >= 15 is 0 Å². The highest BCUT2D eigenvalue weighted by atomic mass is 35.5. The van der Waals surface area contributed by atoms with Gasteiger partial charge in [-0.05, 0) is 60.3 Å². The fourth-order valence-electron chi connectivity index (χ4n) is 2.44. The molecule has 6 heteroatoms. The molecule has 0 radical (unpaired) electrons. The molecule has 0 atom stereocenters. The Bertz CT molecular complexity index is 750. The Labute approximate surface area is 150 Å². The summed E-state index contributed by atoms with van der Waals surface area (Å²) in [5.74, 6) is 1.83. The Morgan fingerprint density at radius 3 is 2.50 bits per heavy atom. The van der Waals surface area contributed by atoms with Crippen LogP contribution in [0.2, 0.25) is 5.02 Å². The van der Waals surface area contributed by atoms with E-state index in [9.17, 15) is 4.79 Å². The molecule has 124 valence electrons. The van der Waals surface area contributed by atoms with Gasteiger partial charge in [-0.1, -0.05) is 11.6 Å². The minimum atomic E-state index is 0.0456. The van der Waals surface area contributed by atoms with Crippen LogP contribution in [0.4, 0.5) is 5.69 Å². The monoisotopic (exact) mass is 361 g/mol. The Kier molecular flexibility index (Phi) is 5.43. The van der Waals surface area contributed by atoms with Gasteiger partial charge in [0.1, 0.15) is 11.4 Å².